The van der Waals surface area contributed by atoms with Crippen LogP contribution < -0.4 is 14.8 Å². The van der Waals surface area contributed by atoms with Gasteiger partial charge in [-0.05, 0) is 44.5 Å². The van der Waals surface area contributed by atoms with E-state index in [2.05, 4.69) is 5.32 Å². The van der Waals surface area contributed by atoms with E-state index in [0.717, 1.165) is 36.6 Å². The molecular weight excluding hydrogens is 270 g/mol. The Kier molecular flexibility index (Phi) is 8.82. The van der Waals surface area contributed by atoms with E-state index >= 15 is 0 Å². The van der Waals surface area contributed by atoms with Crippen molar-refractivity contribution in [1.29, 1.82) is 0 Å². The molecule has 5 heteroatoms. The van der Waals surface area contributed by atoms with E-state index in [1.165, 1.54) is 0 Å². The lowest BCUT2D eigenvalue weighted by Gasteiger charge is -2.14. The number of aliphatic hydroxyl groups is 1. The van der Waals surface area contributed by atoms with Crippen LogP contribution in [0.4, 0.5) is 0 Å². The van der Waals surface area contributed by atoms with Crippen LogP contribution in [0.2, 0.25) is 0 Å². The molecule has 0 bridgehead atoms. The van der Waals surface area contributed by atoms with Gasteiger partial charge in [-0.3, -0.25) is 0 Å². The second-order valence-corrected chi connectivity index (χ2v) is 5.02. The molecule has 0 unspecified atom stereocenters. The minimum atomic E-state index is 0.0814. The molecular formula is C16H27NO4. The first-order valence-electron chi connectivity index (χ1n) is 7.40. The summed E-state index contributed by atoms with van der Waals surface area (Å²) >= 11 is 0. The minimum absolute atomic E-state index is 0.0814. The highest BCUT2D eigenvalue weighted by Gasteiger charge is 2.07. The summed E-state index contributed by atoms with van der Waals surface area (Å²) in [5.74, 6) is 1.53. The van der Waals surface area contributed by atoms with E-state index in [4.69, 9.17) is 19.3 Å². The van der Waals surface area contributed by atoms with Crippen LogP contribution in [-0.2, 0) is 11.3 Å². The lowest BCUT2D eigenvalue weighted by Crippen LogP contribution is -2.17. The van der Waals surface area contributed by atoms with Crippen molar-refractivity contribution < 1.29 is 19.3 Å². The number of benzene rings is 1. The molecule has 120 valence electrons. The van der Waals surface area contributed by atoms with Gasteiger partial charge in [-0.25, -0.2) is 0 Å². The van der Waals surface area contributed by atoms with Crippen LogP contribution in [0.25, 0.3) is 0 Å². The van der Waals surface area contributed by atoms with Gasteiger partial charge in [0.05, 0.1) is 26.4 Å². The van der Waals surface area contributed by atoms with Gasteiger partial charge in [-0.15, -0.1) is 0 Å². The molecule has 2 N–H and O–H groups in total. The number of ether oxygens (including phenoxy) is 3. The third-order valence-electron chi connectivity index (χ3n) is 2.80. The summed E-state index contributed by atoms with van der Waals surface area (Å²) in [5, 5.41) is 11.9. The fourth-order valence-corrected chi connectivity index (χ4v) is 1.87. The van der Waals surface area contributed by atoms with Crippen LogP contribution in [-0.4, -0.2) is 44.7 Å². The molecule has 0 saturated carbocycles. The van der Waals surface area contributed by atoms with Crippen molar-refractivity contribution in [1.82, 2.24) is 5.32 Å². The summed E-state index contributed by atoms with van der Waals surface area (Å²) < 4.78 is 16.2. The van der Waals surface area contributed by atoms with E-state index in [1.807, 2.05) is 32.0 Å². The second-order valence-electron chi connectivity index (χ2n) is 5.02. The number of rotatable bonds is 11. The molecule has 0 spiro atoms. The van der Waals surface area contributed by atoms with E-state index < -0.39 is 0 Å². The fourth-order valence-electron chi connectivity index (χ4n) is 1.87. The third-order valence-corrected chi connectivity index (χ3v) is 2.80. The number of methoxy groups -OCH3 is 1. The smallest absolute Gasteiger partial charge is 0.161 e. The Morgan fingerprint density at radius 3 is 2.67 bits per heavy atom. The van der Waals surface area contributed by atoms with Crippen LogP contribution in [0.5, 0.6) is 11.5 Å². The highest BCUT2D eigenvalue weighted by Crippen LogP contribution is 2.28. The lowest BCUT2D eigenvalue weighted by molar-refractivity contribution is 0.0907. The van der Waals surface area contributed by atoms with Crippen molar-refractivity contribution in [2.75, 3.05) is 33.5 Å². The fraction of sp³-hybridized carbons (Fsp3) is 0.625. The van der Waals surface area contributed by atoms with E-state index in [9.17, 15) is 0 Å². The monoisotopic (exact) mass is 297 g/mol. The molecule has 0 atom stereocenters. The quantitative estimate of drug-likeness (QED) is 0.612. The zero-order valence-electron chi connectivity index (χ0n) is 13.2. The number of aliphatic hydroxyl groups excluding tert-OH is 1. The first kappa shape index (κ1) is 17.8. The SMILES string of the molecule is COc1cc(CNCCCOCCO)ccc1OC(C)C. The lowest BCUT2D eigenvalue weighted by atomic mass is 10.2. The summed E-state index contributed by atoms with van der Waals surface area (Å²) in [7, 11) is 1.65. The maximum atomic E-state index is 8.58. The van der Waals surface area contributed by atoms with Crippen molar-refractivity contribution in [3.8, 4) is 11.5 Å². The van der Waals surface area contributed by atoms with Gasteiger partial charge in [0.1, 0.15) is 0 Å². The Hall–Kier alpha value is -1.30. The topological polar surface area (TPSA) is 60.0 Å². The van der Waals surface area contributed by atoms with Gasteiger partial charge in [0.25, 0.3) is 0 Å². The zero-order valence-corrected chi connectivity index (χ0v) is 13.2. The molecule has 5 nitrogen and oxygen atoms in total. The molecule has 0 aromatic heterocycles. The first-order valence-corrected chi connectivity index (χ1v) is 7.40. The first-order chi connectivity index (χ1) is 10.2. The summed E-state index contributed by atoms with van der Waals surface area (Å²) in [4.78, 5) is 0. The molecule has 0 fully saturated rings. The average Bonchev–Trinajstić information content (AvgIpc) is 2.47. The van der Waals surface area contributed by atoms with E-state index in [1.54, 1.807) is 7.11 Å². The second kappa shape index (κ2) is 10.4. The molecule has 0 aliphatic carbocycles. The molecule has 0 radical (unpaired) electrons. The van der Waals surface area contributed by atoms with Gasteiger partial charge in [0, 0.05) is 13.2 Å². The highest BCUT2D eigenvalue weighted by molar-refractivity contribution is 5.43. The van der Waals surface area contributed by atoms with E-state index in [0.29, 0.717) is 13.2 Å². The molecule has 1 aromatic rings. The van der Waals surface area contributed by atoms with Gasteiger partial charge >= 0.3 is 0 Å². The summed E-state index contributed by atoms with van der Waals surface area (Å²) in [5.41, 5.74) is 1.15. The molecule has 0 amide bonds. The Labute approximate surface area is 127 Å². The van der Waals surface area contributed by atoms with Gasteiger partial charge in [0.2, 0.25) is 0 Å². The van der Waals surface area contributed by atoms with Crippen LogP contribution >= 0.6 is 0 Å². The van der Waals surface area contributed by atoms with Gasteiger partial charge in [0.15, 0.2) is 11.5 Å². The predicted octanol–water partition coefficient (Wildman–Crippen LogP) is 1.97. The molecule has 0 aliphatic heterocycles. The molecule has 21 heavy (non-hydrogen) atoms. The molecule has 1 aromatic carbocycles. The molecule has 0 aliphatic rings. The minimum Gasteiger partial charge on any atom is -0.493 e. The largest absolute Gasteiger partial charge is 0.493 e. The Balaban J connectivity index is 2.35. The standard InChI is InChI=1S/C16H27NO4/c1-13(2)21-15-6-5-14(11-16(15)19-3)12-17-7-4-9-20-10-8-18/h5-6,11,13,17-18H,4,7-10,12H2,1-3H3. The number of nitrogens with one attached hydrogen (secondary N) is 1. The third kappa shape index (κ3) is 7.32. The maximum absolute atomic E-state index is 8.58. The zero-order chi connectivity index (χ0) is 15.5. The normalized spacial score (nSPS) is 10.9. The summed E-state index contributed by atoms with van der Waals surface area (Å²) in [6.45, 7) is 6.79. The van der Waals surface area contributed by atoms with Crippen molar-refractivity contribution in [3.05, 3.63) is 23.8 Å². The van der Waals surface area contributed by atoms with Crippen LogP contribution in [0.1, 0.15) is 25.8 Å². The van der Waals surface area contributed by atoms with Gasteiger partial charge < -0.3 is 24.6 Å². The Bertz CT molecular complexity index is 396. The van der Waals surface area contributed by atoms with Gasteiger partial charge in [-0.1, -0.05) is 6.07 Å². The summed E-state index contributed by atoms with van der Waals surface area (Å²) in [6.07, 6.45) is 1.05. The highest BCUT2D eigenvalue weighted by atomic mass is 16.5. The predicted molar refractivity (Wildman–Crippen MR) is 83.0 cm³/mol. The average molecular weight is 297 g/mol. The van der Waals surface area contributed by atoms with E-state index in [-0.39, 0.29) is 12.7 Å². The maximum Gasteiger partial charge on any atom is 0.161 e. The number of hydrogen-bond acceptors (Lipinski definition) is 5. The van der Waals surface area contributed by atoms with Crippen molar-refractivity contribution in [2.24, 2.45) is 0 Å². The molecule has 0 saturated heterocycles. The Morgan fingerprint density at radius 2 is 2.00 bits per heavy atom. The molecule has 1 rings (SSSR count). The van der Waals surface area contributed by atoms with Crippen molar-refractivity contribution in [2.45, 2.75) is 32.9 Å². The van der Waals surface area contributed by atoms with Crippen LogP contribution in [0.3, 0.4) is 0 Å². The van der Waals surface area contributed by atoms with Crippen molar-refractivity contribution >= 4 is 0 Å². The summed E-state index contributed by atoms with van der Waals surface area (Å²) in [6, 6.07) is 5.97. The van der Waals surface area contributed by atoms with Crippen LogP contribution in [0.15, 0.2) is 18.2 Å². The number of hydrogen-bond donors (Lipinski definition) is 2. The molecule has 0 heterocycles. The van der Waals surface area contributed by atoms with Crippen molar-refractivity contribution in [3.63, 3.8) is 0 Å². The Morgan fingerprint density at radius 1 is 1.19 bits per heavy atom. The van der Waals surface area contributed by atoms with Gasteiger partial charge in [-0.2, -0.15) is 0 Å². The van der Waals surface area contributed by atoms with Crippen LogP contribution in [0, 0.1) is 0 Å².